The van der Waals surface area contributed by atoms with Crippen molar-refractivity contribution in [2.75, 3.05) is 13.2 Å². The number of aliphatic hydroxyl groups is 1. The van der Waals surface area contributed by atoms with E-state index < -0.39 is 0 Å². The molecule has 2 rings (SSSR count). The number of aliphatic hydroxyl groups excluding tert-OH is 1. The fourth-order valence-electron chi connectivity index (χ4n) is 4.25. The van der Waals surface area contributed by atoms with E-state index in [1.54, 1.807) is 0 Å². The topological polar surface area (TPSA) is 41.5 Å². The van der Waals surface area contributed by atoms with Crippen molar-refractivity contribution in [2.24, 2.45) is 16.7 Å². The number of rotatable bonds is 6. The summed E-state index contributed by atoms with van der Waals surface area (Å²) in [6.45, 7) is 14.9. The number of hydrogen-bond acceptors (Lipinski definition) is 3. The Labute approximate surface area is 130 Å². The van der Waals surface area contributed by atoms with Gasteiger partial charge in [-0.2, -0.15) is 0 Å². The zero-order valence-corrected chi connectivity index (χ0v) is 14.8. The largest absolute Gasteiger partial charge is 0.392 e. The van der Waals surface area contributed by atoms with E-state index in [0.29, 0.717) is 30.1 Å². The van der Waals surface area contributed by atoms with Gasteiger partial charge in [0.05, 0.1) is 12.2 Å². The molecule has 0 aromatic rings. The molecule has 3 nitrogen and oxygen atoms in total. The Morgan fingerprint density at radius 3 is 2.43 bits per heavy atom. The Kier molecular flexibility index (Phi) is 4.78. The van der Waals surface area contributed by atoms with Gasteiger partial charge in [0.15, 0.2) is 0 Å². The van der Waals surface area contributed by atoms with Gasteiger partial charge in [0.2, 0.25) is 0 Å². The Bertz CT molecular complexity index is 361. The van der Waals surface area contributed by atoms with Crippen molar-refractivity contribution >= 4 is 0 Å². The monoisotopic (exact) mass is 297 g/mol. The average molecular weight is 297 g/mol. The molecule has 0 radical (unpaired) electrons. The van der Waals surface area contributed by atoms with Crippen LogP contribution in [0.5, 0.6) is 0 Å². The minimum Gasteiger partial charge on any atom is -0.392 e. The standard InChI is InChI=1S/C18H35NO2/c1-16(2,3)19-12-14(20)8-10-21-15-11-13-7-9-18(15,6)17(13,4)5/h13-15,19-20H,7-12H2,1-6H3. The molecule has 21 heavy (non-hydrogen) atoms. The van der Waals surface area contributed by atoms with Crippen LogP contribution >= 0.6 is 0 Å². The quantitative estimate of drug-likeness (QED) is 0.790. The maximum Gasteiger partial charge on any atom is 0.0686 e. The molecule has 124 valence electrons. The SMILES string of the molecule is CC(C)(C)NCC(O)CCOC1CC2CCC1(C)C2(C)C. The maximum absolute atomic E-state index is 10.0. The van der Waals surface area contributed by atoms with Gasteiger partial charge in [-0.3, -0.25) is 0 Å². The normalized spacial score (nSPS) is 36.1. The highest BCUT2D eigenvalue weighted by Crippen LogP contribution is 2.66. The summed E-state index contributed by atoms with van der Waals surface area (Å²) < 4.78 is 6.19. The van der Waals surface area contributed by atoms with Gasteiger partial charge in [-0.1, -0.05) is 20.8 Å². The van der Waals surface area contributed by atoms with Crippen LogP contribution in [-0.4, -0.2) is 36.0 Å². The zero-order chi connectivity index (χ0) is 15.9. The van der Waals surface area contributed by atoms with Crippen molar-refractivity contribution in [3.05, 3.63) is 0 Å². The molecule has 2 saturated carbocycles. The van der Waals surface area contributed by atoms with Crippen LogP contribution in [0.4, 0.5) is 0 Å². The Morgan fingerprint density at radius 2 is 1.95 bits per heavy atom. The van der Waals surface area contributed by atoms with E-state index in [-0.39, 0.29) is 11.6 Å². The first-order valence-electron chi connectivity index (χ1n) is 8.61. The molecular weight excluding hydrogens is 262 g/mol. The predicted molar refractivity (Wildman–Crippen MR) is 87.3 cm³/mol. The molecule has 2 fully saturated rings. The third kappa shape index (κ3) is 3.46. The first kappa shape index (κ1) is 17.2. The molecule has 2 N–H and O–H groups in total. The van der Waals surface area contributed by atoms with Crippen LogP contribution in [0.2, 0.25) is 0 Å². The van der Waals surface area contributed by atoms with E-state index >= 15 is 0 Å². The molecule has 0 spiro atoms. The molecule has 3 heteroatoms. The molecule has 0 amide bonds. The summed E-state index contributed by atoms with van der Waals surface area (Å²) in [6, 6.07) is 0. The number of hydrogen-bond donors (Lipinski definition) is 2. The summed E-state index contributed by atoms with van der Waals surface area (Å²) in [6.07, 6.45) is 4.66. The van der Waals surface area contributed by atoms with Gasteiger partial charge in [-0.15, -0.1) is 0 Å². The summed E-state index contributed by atoms with van der Waals surface area (Å²) in [5, 5.41) is 13.4. The van der Waals surface area contributed by atoms with Crippen LogP contribution in [0.3, 0.4) is 0 Å². The molecule has 0 heterocycles. The molecule has 2 bridgehead atoms. The molecule has 0 aliphatic heterocycles. The third-order valence-electron chi connectivity index (χ3n) is 6.35. The lowest BCUT2D eigenvalue weighted by Crippen LogP contribution is -2.41. The second-order valence-electron chi connectivity index (χ2n) is 9.04. The highest BCUT2D eigenvalue weighted by Gasteiger charge is 2.61. The maximum atomic E-state index is 10.0. The molecule has 0 saturated heterocycles. The van der Waals surface area contributed by atoms with Crippen molar-refractivity contribution in [1.82, 2.24) is 5.32 Å². The van der Waals surface area contributed by atoms with Crippen LogP contribution in [0.1, 0.15) is 67.2 Å². The number of β-amino-alcohol motifs (C(OH)–C–C–N with tert-alkyl or cyclic N) is 1. The van der Waals surface area contributed by atoms with Crippen molar-refractivity contribution < 1.29 is 9.84 Å². The lowest BCUT2D eigenvalue weighted by Gasteiger charge is -2.39. The smallest absolute Gasteiger partial charge is 0.0686 e. The van der Waals surface area contributed by atoms with E-state index in [2.05, 4.69) is 46.9 Å². The minimum absolute atomic E-state index is 0.0595. The molecule has 0 aromatic heterocycles. The second-order valence-corrected chi connectivity index (χ2v) is 9.04. The summed E-state index contributed by atoms with van der Waals surface area (Å²) in [5.74, 6) is 0.819. The Balaban J connectivity index is 1.73. The van der Waals surface area contributed by atoms with Crippen LogP contribution in [-0.2, 0) is 4.74 Å². The Hall–Kier alpha value is -0.120. The third-order valence-corrected chi connectivity index (χ3v) is 6.35. The summed E-state index contributed by atoms with van der Waals surface area (Å²) >= 11 is 0. The van der Waals surface area contributed by atoms with Gasteiger partial charge < -0.3 is 15.2 Å². The van der Waals surface area contributed by atoms with Crippen molar-refractivity contribution in [1.29, 1.82) is 0 Å². The van der Waals surface area contributed by atoms with Gasteiger partial charge in [0, 0.05) is 18.7 Å². The van der Waals surface area contributed by atoms with Crippen molar-refractivity contribution in [3.8, 4) is 0 Å². The van der Waals surface area contributed by atoms with E-state index in [1.165, 1.54) is 19.3 Å². The fraction of sp³-hybridized carbons (Fsp3) is 1.00. The van der Waals surface area contributed by atoms with Crippen LogP contribution in [0, 0.1) is 16.7 Å². The van der Waals surface area contributed by atoms with Crippen LogP contribution in [0.15, 0.2) is 0 Å². The van der Waals surface area contributed by atoms with Crippen molar-refractivity contribution in [2.45, 2.75) is 85.0 Å². The first-order chi connectivity index (χ1) is 9.56. The second kappa shape index (κ2) is 5.82. The van der Waals surface area contributed by atoms with Crippen LogP contribution < -0.4 is 5.32 Å². The highest BCUT2D eigenvalue weighted by atomic mass is 16.5. The Morgan fingerprint density at radius 1 is 1.29 bits per heavy atom. The molecule has 2 aliphatic rings. The molecule has 4 unspecified atom stereocenters. The van der Waals surface area contributed by atoms with E-state index in [1.807, 2.05) is 0 Å². The lowest BCUT2D eigenvalue weighted by atomic mass is 9.70. The van der Waals surface area contributed by atoms with Gasteiger partial charge >= 0.3 is 0 Å². The lowest BCUT2D eigenvalue weighted by molar-refractivity contribution is -0.0548. The number of nitrogens with one attached hydrogen (secondary N) is 1. The number of ether oxygens (including phenoxy) is 1. The fourth-order valence-corrected chi connectivity index (χ4v) is 4.25. The number of fused-ring (bicyclic) bond motifs is 2. The highest BCUT2D eigenvalue weighted by molar-refractivity contribution is 5.11. The van der Waals surface area contributed by atoms with Gasteiger partial charge in [-0.25, -0.2) is 0 Å². The van der Waals surface area contributed by atoms with Gasteiger partial charge in [0.1, 0.15) is 0 Å². The predicted octanol–water partition coefficient (Wildman–Crippen LogP) is 3.36. The van der Waals surface area contributed by atoms with E-state index in [4.69, 9.17) is 4.74 Å². The van der Waals surface area contributed by atoms with E-state index in [0.717, 1.165) is 12.3 Å². The van der Waals surface area contributed by atoms with E-state index in [9.17, 15) is 5.11 Å². The molecule has 4 atom stereocenters. The zero-order valence-electron chi connectivity index (χ0n) is 14.8. The summed E-state index contributed by atoms with van der Waals surface area (Å²) in [7, 11) is 0. The molecular formula is C18H35NO2. The minimum atomic E-state index is -0.316. The summed E-state index contributed by atoms with van der Waals surface area (Å²) in [5.41, 5.74) is 0.792. The summed E-state index contributed by atoms with van der Waals surface area (Å²) in [4.78, 5) is 0. The van der Waals surface area contributed by atoms with Crippen LogP contribution in [0.25, 0.3) is 0 Å². The van der Waals surface area contributed by atoms with Gasteiger partial charge in [-0.05, 0) is 63.2 Å². The first-order valence-corrected chi connectivity index (χ1v) is 8.61. The average Bonchev–Trinajstić information content (AvgIpc) is 2.68. The van der Waals surface area contributed by atoms with Gasteiger partial charge in [0.25, 0.3) is 0 Å². The molecule has 0 aromatic carbocycles. The van der Waals surface area contributed by atoms with Crippen molar-refractivity contribution in [3.63, 3.8) is 0 Å². The molecule has 2 aliphatic carbocycles.